The maximum Gasteiger partial charge on any atom is 0.461 e. The maximum absolute atomic E-state index is 13.7. The molecule has 0 atom stereocenters. The number of carboxylic acids is 1. The van der Waals surface area contributed by atoms with E-state index in [1.165, 1.54) is 0 Å². The molecule has 0 spiro atoms. The average molecular weight is 474 g/mol. The predicted molar refractivity (Wildman–Crippen MR) is 76.0 cm³/mol. The third-order valence-corrected chi connectivity index (χ3v) is 4.91. The number of ether oxygens (including phenoxy) is 1. The molecule has 1 aromatic rings. The number of alkyl halides is 7. The molecule has 0 aromatic heterocycles. The highest BCUT2D eigenvalue weighted by Crippen LogP contribution is 2.52. The molecule has 1 aromatic carbocycles. The molecule has 0 radical (unpaired) electrons. The molecule has 168 valence electrons. The Balaban J connectivity index is 3.87. The minimum atomic E-state index is -7.19. The van der Waals surface area contributed by atoms with Gasteiger partial charge >= 0.3 is 34.7 Å². The van der Waals surface area contributed by atoms with Crippen LogP contribution in [-0.2, 0) is 14.6 Å². The Kier molecular flexibility index (Phi) is 6.23. The van der Waals surface area contributed by atoms with E-state index in [-0.39, 0.29) is 0 Å². The molecule has 0 aliphatic carbocycles. The van der Waals surface area contributed by atoms with E-state index < -0.39 is 83.8 Å². The second-order valence-corrected chi connectivity index (χ2v) is 7.07. The summed E-state index contributed by atoms with van der Waals surface area (Å²) in [5, 5.41) is 23.4. The summed E-state index contributed by atoms with van der Waals surface area (Å²) in [5.41, 5.74) is -3.73. The molecular weight excluding hydrogens is 469 g/mol. The van der Waals surface area contributed by atoms with Crippen LogP contribution >= 0.6 is 0 Å². The van der Waals surface area contributed by atoms with E-state index >= 15 is 0 Å². The summed E-state index contributed by atoms with van der Waals surface area (Å²) in [4.78, 5) is 26.6. The van der Waals surface area contributed by atoms with Crippen LogP contribution in [0.3, 0.4) is 0 Å². The van der Waals surface area contributed by atoms with Crippen molar-refractivity contribution in [3.05, 3.63) is 32.4 Å². The molecular formula is C11H5F7N2O9S. The molecule has 11 nitrogen and oxygen atoms in total. The van der Waals surface area contributed by atoms with Crippen LogP contribution in [0.15, 0.2) is 17.0 Å². The minimum absolute atomic E-state index is 0.514. The summed E-state index contributed by atoms with van der Waals surface area (Å²) in [7, 11) is -7.12. The topological polar surface area (TPSA) is 167 Å². The largest absolute Gasteiger partial charge is 0.479 e. The fourth-order valence-corrected chi connectivity index (χ4v) is 3.05. The van der Waals surface area contributed by atoms with Crippen LogP contribution < -0.4 is 4.74 Å². The first kappa shape index (κ1) is 24.8. The number of halogens is 7. The van der Waals surface area contributed by atoms with Crippen LogP contribution in [0.2, 0.25) is 0 Å². The first-order valence-corrected chi connectivity index (χ1v) is 8.15. The zero-order chi connectivity index (χ0) is 23.9. The van der Waals surface area contributed by atoms with Crippen LogP contribution in [0.4, 0.5) is 42.1 Å². The fourth-order valence-electron chi connectivity index (χ4n) is 1.76. The third-order valence-electron chi connectivity index (χ3n) is 3.13. The van der Waals surface area contributed by atoms with Gasteiger partial charge in [-0.05, 0) is 0 Å². The lowest BCUT2D eigenvalue weighted by molar-refractivity contribution is -0.396. The molecule has 0 heterocycles. The molecule has 30 heavy (non-hydrogen) atoms. The molecule has 19 heteroatoms. The molecule has 0 aliphatic heterocycles. The number of hydrogen-bond acceptors (Lipinski definition) is 8. The SMILES string of the molecule is O=C(O)COc1c([N+](=O)[O-])cc(S(=O)(=O)C(F)(F)C(F)(F)C(F)(F)F)cc1[N+](=O)[O-]. The van der Waals surface area contributed by atoms with E-state index in [1.807, 2.05) is 0 Å². The van der Waals surface area contributed by atoms with Crippen molar-refractivity contribution in [3.63, 3.8) is 0 Å². The maximum atomic E-state index is 13.7. The normalized spacial score (nSPS) is 13.0. The molecule has 0 saturated heterocycles. The molecule has 0 saturated carbocycles. The van der Waals surface area contributed by atoms with Gasteiger partial charge in [-0.1, -0.05) is 0 Å². The zero-order valence-corrected chi connectivity index (χ0v) is 14.3. The highest BCUT2D eigenvalue weighted by molar-refractivity contribution is 7.92. The summed E-state index contributed by atoms with van der Waals surface area (Å²) >= 11 is 0. The van der Waals surface area contributed by atoms with Crippen molar-refractivity contribution >= 4 is 27.2 Å². The Hall–Kier alpha value is -3.25. The van der Waals surface area contributed by atoms with Crippen molar-refractivity contribution in [3.8, 4) is 5.75 Å². The predicted octanol–water partition coefficient (Wildman–Crippen LogP) is 2.53. The number of rotatable bonds is 8. The fraction of sp³-hybridized carbons (Fsp3) is 0.364. The number of hydrogen-bond donors (Lipinski definition) is 1. The first-order chi connectivity index (χ1) is 13.3. The number of aliphatic carboxylic acids is 1. The summed E-state index contributed by atoms with van der Waals surface area (Å²) < 4.78 is 118. The third kappa shape index (κ3) is 4.04. The zero-order valence-electron chi connectivity index (χ0n) is 13.5. The van der Waals surface area contributed by atoms with Gasteiger partial charge in [-0.15, -0.1) is 0 Å². The second kappa shape index (κ2) is 7.54. The van der Waals surface area contributed by atoms with Crippen molar-refractivity contribution in [1.29, 1.82) is 0 Å². The smallest absolute Gasteiger partial charge is 0.461 e. The second-order valence-electron chi connectivity index (χ2n) is 5.08. The Bertz CT molecular complexity index is 972. The highest BCUT2D eigenvalue weighted by Gasteiger charge is 2.78. The quantitative estimate of drug-likeness (QED) is 0.338. The van der Waals surface area contributed by atoms with Gasteiger partial charge in [0.25, 0.3) is 15.6 Å². The van der Waals surface area contributed by atoms with Gasteiger partial charge in [0, 0.05) is 12.1 Å². The summed E-state index contributed by atoms with van der Waals surface area (Å²) in [5.74, 6) is -10.6. The Morgan fingerprint density at radius 2 is 1.40 bits per heavy atom. The van der Waals surface area contributed by atoms with Crippen LogP contribution in [-0.4, -0.2) is 53.3 Å². The lowest BCUT2D eigenvalue weighted by Crippen LogP contribution is -2.55. The van der Waals surface area contributed by atoms with Gasteiger partial charge in [-0.25, -0.2) is 13.2 Å². The molecule has 0 fully saturated rings. The summed E-state index contributed by atoms with van der Waals surface area (Å²) in [6.45, 7) is -1.49. The lowest BCUT2D eigenvalue weighted by atomic mass is 10.2. The van der Waals surface area contributed by atoms with Crippen LogP contribution in [0.25, 0.3) is 0 Å². The molecule has 0 unspecified atom stereocenters. The Labute approximate surface area is 158 Å². The summed E-state index contributed by atoms with van der Waals surface area (Å²) in [6, 6.07) is -1.03. The standard InChI is InChI=1S/C11H5F7N2O9S/c12-9(13,10(14,15)16)11(17,18)30(27,28)4-1-5(19(23)24)8(29-3-7(21)22)6(2-4)20(25)26/h1-2H,3H2,(H,21,22). The van der Waals surface area contributed by atoms with Gasteiger partial charge in [-0.2, -0.15) is 30.7 Å². The van der Waals surface area contributed by atoms with E-state index in [1.54, 1.807) is 0 Å². The van der Waals surface area contributed by atoms with Gasteiger partial charge < -0.3 is 9.84 Å². The lowest BCUT2D eigenvalue weighted by Gasteiger charge is -2.27. The van der Waals surface area contributed by atoms with E-state index in [0.29, 0.717) is 0 Å². The molecule has 0 amide bonds. The van der Waals surface area contributed by atoms with E-state index in [2.05, 4.69) is 4.74 Å². The number of benzene rings is 1. The monoisotopic (exact) mass is 474 g/mol. The molecule has 0 aliphatic rings. The van der Waals surface area contributed by atoms with Crippen molar-refractivity contribution in [2.45, 2.75) is 22.2 Å². The van der Waals surface area contributed by atoms with Crippen molar-refractivity contribution in [1.82, 2.24) is 0 Å². The van der Waals surface area contributed by atoms with E-state index in [0.717, 1.165) is 0 Å². The van der Waals surface area contributed by atoms with Crippen LogP contribution in [0, 0.1) is 20.2 Å². The van der Waals surface area contributed by atoms with Gasteiger partial charge in [0.2, 0.25) is 0 Å². The van der Waals surface area contributed by atoms with Crippen molar-refractivity contribution < 1.29 is 63.6 Å². The number of nitro benzene ring substituents is 2. The molecule has 1 N–H and O–H groups in total. The Morgan fingerprint density at radius 1 is 1.00 bits per heavy atom. The van der Waals surface area contributed by atoms with Crippen LogP contribution in [0.5, 0.6) is 5.75 Å². The van der Waals surface area contributed by atoms with Gasteiger partial charge in [0.1, 0.15) is 0 Å². The first-order valence-electron chi connectivity index (χ1n) is 6.67. The number of sulfone groups is 1. The number of nitro groups is 2. The minimum Gasteiger partial charge on any atom is -0.479 e. The highest BCUT2D eigenvalue weighted by atomic mass is 32.2. The van der Waals surface area contributed by atoms with E-state index in [9.17, 15) is 64.2 Å². The Morgan fingerprint density at radius 3 is 1.70 bits per heavy atom. The molecule has 1 rings (SSSR count). The number of carboxylic acid groups (broad SMARTS) is 1. The molecule has 0 bridgehead atoms. The van der Waals surface area contributed by atoms with Crippen molar-refractivity contribution in [2.24, 2.45) is 0 Å². The average Bonchev–Trinajstić information content (AvgIpc) is 2.57. The number of carbonyl (C=O) groups is 1. The van der Waals surface area contributed by atoms with Crippen molar-refractivity contribution in [2.75, 3.05) is 6.61 Å². The van der Waals surface area contributed by atoms with Gasteiger partial charge in [-0.3, -0.25) is 20.2 Å². The van der Waals surface area contributed by atoms with Gasteiger partial charge in [0.05, 0.1) is 14.7 Å². The van der Waals surface area contributed by atoms with Crippen LogP contribution in [0.1, 0.15) is 0 Å². The number of nitrogens with zero attached hydrogens (tertiary/aromatic N) is 2. The van der Waals surface area contributed by atoms with Gasteiger partial charge in [0.15, 0.2) is 6.61 Å². The van der Waals surface area contributed by atoms with E-state index in [4.69, 9.17) is 5.11 Å². The summed E-state index contributed by atoms with van der Waals surface area (Å²) in [6.07, 6.45) is -7.09.